The van der Waals surface area contributed by atoms with Crippen LogP contribution in [0.3, 0.4) is 0 Å². The van der Waals surface area contributed by atoms with Gasteiger partial charge < -0.3 is 10.2 Å². The summed E-state index contributed by atoms with van der Waals surface area (Å²) in [5.41, 5.74) is 2.12. The Balaban J connectivity index is 1.72. The molecule has 1 aromatic carbocycles. The number of carbonyl (C=O) groups is 1. The first-order valence-electron chi connectivity index (χ1n) is 9.37. The van der Waals surface area contributed by atoms with E-state index in [1.54, 1.807) is 19.1 Å². The van der Waals surface area contributed by atoms with Crippen LogP contribution in [0.2, 0.25) is 0 Å². The van der Waals surface area contributed by atoms with Crippen LogP contribution in [0.4, 0.5) is 0 Å². The summed E-state index contributed by atoms with van der Waals surface area (Å²) in [4.78, 5) is 13.8. The van der Waals surface area contributed by atoms with E-state index in [4.69, 9.17) is 0 Å². The van der Waals surface area contributed by atoms with Gasteiger partial charge >= 0.3 is 0 Å². The van der Waals surface area contributed by atoms with E-state index < -0.39 is 10.0 Å². The van der Waals surface area contributed by atoms with E-state index in [0.717, 1.165) is 43.5 Å². The molecule has 6 nitrogen and oxygen atoms in total. The highest BCUT2D eigenvalue weighted by Crippen LogP contribution is 2.26. The van der Waals surface area contributed by atoms with Crippen LogP contribution in [-0.4, -0.2) is 51.9 Å². The summed E-state index contributed by atoms with van der Waals surface area (Å²) in [6, 6.07) is 5.37. The monoisotopic (exact) mass is 379 g/mol. The van der Waals surface area contributed by atoms with Crippen molar-refractivity contribution in [3.05, 3.63) is 29.3 Å². The third kappa shape index (κ3) is 4.45. The highest BCUT2D eigenvalue weighted by molar-refractivity contribution is 7.89. The average Bonchev–Trinajstić information content (AvgIpc) is 2.83. The number of fused-ring (bicyclic) bond motifs is 1. The summed E-state index contributed by atoms with van der Waals surface area (Å²) in [5.74, 6) is 0.0710. The van der Waals surface area contributed by atoms with Gasteiger partial charge in [-0.25, -0.2) is 13.1 Å². The Bertz CT molecular complexity index is 770. The minimum atomic E-state index is -3.53. The number of amides is 1. The average molecular weight is 380 g/mol. The molecule has 7 heteroatoms. The third-order valence-electron chi connectivity index (χ3n) is 5.61. The van der Waals surface area contributed by atoms with E-state index in [1.165, 1.54) is 0 Å². The maximum absolute atomic E-state index is 12.8. The molecule has 0 bridgehead atoms. The fourth-order valence-electron chi connectivity index (χ4n) is 3.81. The fraction of sp³-hybridized carbons (Fsp3) is 0.632. The van der Waals surface area contributed by atoms with Crippen molar-refractivity contribution in [3.8, 4) is 0 Å². The van der Waals surface area contributed by atoms with Gasteiger partial charge in [0, 0.05) is 33.1 Å². The molecule has 1 unspecified atom stereocenters. The van der Waals surface area contributed by atoms with Crippen molar-refractivity contribution in [1.29, 1.82) is 0 Å². The summed E-state index contributed by atoms with van der Waals surface area (Å²) < 4.78 is 28.3. The molecule has 1 amide bonds. The van der Waals surface area contributed by atoms with Crippen LogP contribution in [0.1, 0.15) is 37.8 Å². The molecule has 0 saturated carbocycles. The molecule has 1 aromatic rings. The van der Waals surface area contributed by atoms with Crippen molar-refractivity contribution in [2.45, 2.75) is 44.4 Å². The Labute approximate surface area is 156 Å². The van der Waals surface area contributed by atoms with Crippen LogP contribution in [0, 0.1) is 5.41 Å². The first-order valence-corrected chi connectivity index (χ1v) is 10.9. The molecule has 2 N–H and O–H groups in total. The van der Waals surface area contributed by atoms with Gasteiger partial charge in [0.15, 0.2) is 0 Å². The number of rotatable bonds is 4. The zero-order valence-electron chi connectivity index (χ0n) is 15.7. The number of carbonyl (C=O) groups excluding carboxylic acids is 1. The summed E-state index contributed by atoms with van der Waals surface area (Å²) in [6.07, 6.45) is 3.56. The quantitative estimate of drug-likeness (QED) is 0.827. The van der Waals surface area contributed by atoms with Gasteiger partial charge in [-0.05, 0) is 60.9 Å². The number of nitrogens with zero attached hydrogens (tertiary/aromatic N) is 1. The molecule has 0 aliphatic carbocycles. The Morgan fingerprint density at radius 1 is 1.27 bits per heavy atom. The number of nitrogens with one attached hydrogen (secondary N) is 2. The molecule has 1 saturated heterocycles. The SMILES string of the molecule is CC(=O)N1CCc2ccc(S(=O)(=O)NCC3(C)CCCNC3)cc2CC1. The van der Waals surface area contributed by atoms with Gasteiger partial charge in [0.25, 0.3) is 0 Å². The molecule has 0 radical (unpaired) electrons. The molecule has 0 aromatic heterocycles. The molecule has 2 aliphatic heterocycles. The molecule has 1 fully saturated rings. The topological polar surface area (TPSA) is 78.5 Å². The van der Waals surface area contributed by atoms with Crippen molar-refractivity contribution in [1.82, 2.24) is 14.9 Å². The first kappa shape index (κ1) is 19.3. The molecule has 0 spiro atoms. The van der Waals surface area contributed by atoms with Crippen LogP contribution in [0.5, 0.6) is 0 Å². The molecule has 1 atom stereocenters. The second-order valence-corrected chi connectivity index (χ2v) is 9.62. The molecule has 2 aliphatic rings. The van der Waals surface area contributed by atoms with Crippen LogP contribution in [0.15, 0.2) is 23.1 Å². The highest BCUT2D eigenvalue weighted by Gasteiger charge is 2.29. The predicted molar refractivity (Wildman–Crippen MR) is 102 cm³/mol. The Kier molecular flexibility index (Phi) is 5.69. The molecule has 144 valence electrons. The summed E-state index contributed by atoms with van der Waals surface area (Å²) in [6.45, 7) is 7.31. The molecule has 26 heavy (non-hydrogen) atoms. The smallest absolute Gasteiger partial charge is 0.240 e. The summed E-state index contributed by atoms with van der Waals surface area (Å²) >= 11 is 0. The Morgan fingerprint density at radius 3 is 2.65 bits per heavy atom. The maximum atomic E-state index is 12.8. The van der Waals surface area contributed by atoms with E-state index in [2.05, 4.69) is 17.0 Å². The summed E-state index contributed by atoms with van der Waals surface area (Å²) in [7, 11) is -3.53. The number of piperidine rings is 1. The van der Waals surface area contributed by atoms with E-state index in [0.29, 0.717) is 31.0 Å². The molecule has 2 heterocycles. The van der Waals surface area contributed by atoms with Gasteiger partial charge in [-0.1, -0.05) is 13.0 Å². The van der Waals surface area contributed by atoms with Gasteiger partial charge in [0.05, 0.1) is 4.90 Å². The van der Waals surface area contributed by atoms with Crippen LogP contribution in [0.25, 0.3) is 0 Å². The van der Waals surface area contributed by atoms with Crippen molar-refractivity contribution in [2.24, 2.45) is 5.41 Å². The Hall–Kier alpha value is -1.44. The number of hydrogen-bond acceptors (Lipinski definition) is 4. The van der Waals surface area contributed by atoms with E-state index in [-0.39, 0.29) is 11.3 Å². The van der Waals surface area contributed by atoms with Gasteiger partial charge in [-0.2, -0.15) is 0 Å². The van der Waals surface area contributed by atoms with Crippen LogP contribution < -0.4 is 10.0 Å². The van der Waals surface area contributed by atoms with Gasteiger partial charge in [-0.15, -0.1) is 0 Å². The zero-order valence-corrected chi connectivity index (χ0v) is 16.5. The minimum Gasteiger partial charge on any atom is -0.342 e. The molecule has 3 rings (SSSR count). The second-order valence-electron chi connectivity index (χ2n) is 7.85. The second kappa shape index (κ2) is 7.66. The third-order valence-corrected chi connectivity index (χ3v) is 7.01. The van der Waals surface area contributed by atoms with Gasteiger partial charge in [0.2, 0.25) is 15.9 Å². The van der Waals surface area contributed by atoms with Crippen molar-refractivity contribution < 1.29 is 13.2 Å². The first-order chi connectivity index (χ1) is 12.3. The lowest BCUT2D eigenvalue weighted by Gasteiger charge is -2.34. The lowest BCUT2D eigenvalue weighted by Crippen LogP contribution is -2.45. The van der Waals surface area contributed by atoms with Crippen molar-refractivity contribution in [3.63, 3.8) is 0 Å². The molecular weight excluding hydrogens is 350 g/mol. The van der Waals surface area contributed by atoms with Gasteiger partial charge in [-0.3, -0.25) is 4.79 Å². The Morgan fingerprint density at radius 2 is 2.00 bits per heavy atom. The van der Waals surface area contributed by atoms with Crippen molar-refractivity contribution >= 4 is 15.9 Å². The van der Waals surface area contributed by atoms with E-state index in [9.17, 15) is 13.2 Å². The minimum absolute atomic E-state index is 0.0427. The lowest BCUT2D eigenvalue weighted by atomic mass is 9.83. The summed E-state index contributed by atoms with van der Waals surface area (Å²) in [5, 5.41) is 3.35. The maximum Gasteiger partial charge on any atom is 0.240 e. The largest absolute Gasteiger partial charge is 0.342 e. The van der Waals surface area contributed by atoms with Gasteiger partial charge in [0.1, 0.15) is 0 Å². The lowest BCUT2D eigenvalue weighted by molar-refractivity contribution is -0.128. The molecular formula is C19H29N3O3S. The fourth-order valence-corrected chi connectivity index (χ4v) is 5.06. The normalized spacial score (nSPS) is 24.0. The van der Waals surface area contributed by atoms with E-state index in [1.807, 2.05) is 11.0 Å². The zero-order chi connectivity index (χ0) is 18.8. The standard InChI is InChI=1S/C19H29N3O3S/c1-15(23)22-10-6-16-4-5-18(12-17(16)7-11-22)26(24,25)21-14-19(2)8-3-9-20-13-19/h4-5,12,20-21H,3,6-11,13-14H2,1-2H3. The van der Waals surface area contributed by atoms with Crippen molar-refractivity contribution in [2.75, 3.05) is 32.7 Å². The van der Waals surface area contributed by atoms with Crippen LogP contribution in [-0.2, 0) is 27.7 Å². The number of hydrogen-bond donors (Lipinski definition) is 2. The van der Waals surface area contributed by atoms with Crippen LogP contribution >= 0.6 is 0 Å². The number of benzene rings is 1. The van der Waals surface area contributed by atoms with E-state index >= 15 is 0 Å². The number of sulfonamides is 1. The highest BCUT2D eigenvalue weighted by atomic mass is 32.2. The predicted octanol–water partition coefficient (Wildman–Crippen LogP) is 1.30.